The standard InChI is InChI=1S/C25H39N5S/c1-21(22-9-5-3-6-10-22)11-16-30-17-12-23(13-18-30)24-26-27-25(28(24)2)31-20-19-29-14-7-4-8-15-29/h3,5-6,9-10,21,23H,4,7-8,11-20H2,1-2H3. The normalized spacial score (nSPS) is 20.2. The lowest BCUT2D eigenvalue weighted by Crippen LogP contribution is -2.34. The van der Waals surface area contributed by atoms with Gasteiger partial charge >= 0.3 is 0 Å². The van der Waals surface area contributed by atoms with Crippen LogP contribution in [0, 0.1) is 0 Å². The van der Waals surface area contributed by atoms with Gasteiger partial charge in [0.1, 0.15) is 5.82 Å². The Kier molecular flexibility index (Phi) is 8.45. The van der Waals surface area contributed by atoms with Gasteiger partial charge in [0.2, 0.25) is 0 Å². The number of benzene rings is 1. The van der Waals surface area contributed by atoms with E-state index in [9.17, 15) is 0 Å². The molecule has 6 heteroatoms. The zero-order valence-electron chi connectivity index (χ0n) is 19.4. The smallest absolute Gasteiger partial charge is 0.191 e. The van der Waals surface area contributed by atoms with E-state index in [1.807, 2.05) is 11.8 Å². The highest BCUT2D eigenvalue weighted by molar-refractivity contribution is 7.99. The molecule has 0 aliphatic carbocycles. The van der Waals surface area contributed by atoms with Crippen molar-refractivity contribution in [1.82, 2.24) is 24.6 Å². The molecule has 5 nitrogen and oxygen atoms in total. The van der Waals surface area contributed by atoms with Crippen molar-refractivity contribution in [3.05, 3.63) is 41.7 Å². The summed E-state index contributed by atoms with van der Waals surface area (Å²) in [5.41, 5.74) is 1.46. The first-order valence-electron chi connectivity index (χ1n) is 12.2. The number of hydrogen-bond acceptors (Lipinski definition) is 5. The van der Waals surface area contributed by atoms with E-state index in [1.165, 1.54) is 89.2 Å². The van der Waals surface area contributed by atoms with Gasteiger partial charge in [-0.2, -0.15) is 0 Å². The van der Waals surface area contributed by atoms with Crippen LogP contribution in [0.3, 0.4) is 0 Å². The Bertz CT molecular complexity index is 778. The fourth-order valence-electron chi connectivity index (χ4n) is 5.00. The minimum atomic E-state index is 0.553. The van der Waals surface area contributed by atoms with Gasteiger partial charge in [0, 0.05) is 25.3 Å². The Hall–Kier alpha value is -1.37. The summed E-state index contributed by atoms with van der Waals surface area (Å²) in [4.78, 5) is 5.24. The molecule has 0 N–H and O–H groups in total. The molecule has 0 saturated carbocycles. The number of hydrogen-bond donors (Lipinski definition) is 0. The van der Waals surface area contributed by atoms with Crippen LogP contribution in [-0.4, -0.2) is 69.6 Å². The summed E-state index contributed by atoms with van der Waals surface area (Å²) in [6.07, 6.45) is 7.76. The lowest BCUT2D eigenvalue weighted by Gasteiger charge is -2.32. The summed E-state index contributed by atoms with van der Waals surface area (Å²) in [5.74, 6) is 3.49. The minimum Gasteiger partial charge on any atom is -0.309 e. The Morgan fingerprint density at radius 1 is 0.935 bits per heavy atom. The monoisotopic (exact) mass is 441 g/mol. The van der Waals surface area contributed by atoms with E-state index in [0.29, 0.717) is 11.8 Å². The van der Waals surface area contributed by atoms with Gasteiger partial charge in [-0.3, -0.25) is 0 Å². The molecule has 0 spiro atoms. The van der Waals surface area contributed by atoms with Crippen LogP contribution < -0.4 is 0 Å². The number of thioether (sulfide) groups is 1. The minimum absolute atomic E-state index is 0.553. The second-order valence-corrected chi connectivity index (χ2v) is 10.4. The molecule has 1 unspecified atom stereocenters. The summed E-state index contributed by atoms with van der Waals surface area (Å²) < 4.78 is 2.26. The van der Waals surface area contributed by atoms with Crippen LogP contribution in [0.25, 0.3) is 0 Å². The maximum atomic E-state index is 4.60. The molecule has 0 bridgehead atoms. The maximum absolute atomic E-state index is 4.60. The Labute approximate surface area is 192 Å². The van der Waals surface area contributed by atoms with Crippen LogP contribution in [-0.2, 0) is 7.05 Å². The molecule has 0 radical (unpaired) electrons. The first kappa shape index (κ1) is 22.8. The first-order chi connectivity index (χ1) is 15.2. The molecule has 3 heterocycles. The predicted molar refractivity (Wildman–Crippen MR) is 130 cm³/mol. The van der Waals surface area contributed by atoms with Crippen molar-refractivity contribution in [3.63, 3.8) is 0 Å². The van der Waals surface area contributed by atoms with Gasteiger partial charge in [-0.15, -0.1) is 10.2 Å². The van der Waals surface area contributed by atoms with E-state index in [1.54, 1.807) is 0 Å². The molecule has 170 valence electrons. The van der Waals surface area contributed by atoms with Crippen molar-refractivity contribution in [2.75, 3.05) is 45.0 Å². The molecule has 2 saturated heterocycles. The van der Waals surface area contributed by atoms with Gasteiger partial charge in [-0.25, -0.2) is 0 Å². The summed E-state index contributed by atoms with van der Waals surface area (Å²) in [6.45, 7) is 9.62. The molecular weight excluding hydrogens is 402 g/mol. The van der Waals surface area contributed by atoms with Gasteiger partial charge < -0.3 is 14.4 Å². The zero-order valence-corrected chi connectivity index (χ0v) is 20.2. The third-order valence-electron chi connectivity index (χ3n) is 7.16. The van der Waals surface area contributed by atoms with Crippen LogP contribution >= 0.6 is 11.8 Å². The number of rotatable bonds is 9. The highest BCUT2D eigenvalue weighted by Gasteiger charge is 2.25. The molecule has 2 fully saturated rings. The molecule has 1 aromatic carbocycles. The van der Waals surface area contributed by atoms with E-state index >= 15 is 0 Å². The van der Waals surface area contributed by atoms with Crippen LogP contribution in [0.5, 0.6) is 0 Å². The molecule has 1 atom stereocenters. The number of likely N-dealkylation sites (tertiary alicyclic amines) is 2. The molecule has 31 heavy (non-hydrogen) atoms. The molecular formula is C25H39N5S. The fourth-order valence-corrected chi connectivity index (χ4v) is 5.91. The second-order valence-electron chi connectivity index (χ2n) is 9.37. The lowest BCUT2D eigenvalue weighted by molar-refractivity contribution is 0.202. The largest absolute Gasteiger partial charge is 0.309 e. The first-order valence-corrected chi connectivity index (χ1v) is 13.2. The van der Waals surface area contributed by atoms with Gasteiger partial charge in [0.05, 0.1) is 0 Å². The lowest BCUT2D eigenvalue weighted by atomic mass is 9.94. The number of nitrogens with zero attached hydrogens (tertiary/aromatic N) is 5. The zero-order chi connectivity index (χ0) is 21.5. The number of piperidine rings is 2. The molecule has 2 aliphatic heterocycles. The van der Waals surface area contributed by atoms with Gasteiger partial charge in [-0.1, -0.05) is 55.4 Å². The second kappa shape index (κ2) is 11.5. The molecule has 0 amide bonds. The van der Waals surface area contributed by atoms with Crippen molar-refractivity contribution in [1.29, 1.82) is 0 Å². The Morgan fingerprint density at radius 2 is 1.65 bits per heavy atom. The van der Waals surface area contributed by atoms with Crippen molar-refractivity contribution in [3.8, 4) is 0 Å². The van der Waals surface area contributed by atoms with Gasteiger partial charge in [0.25, 0.3) is 0 Å². The topological polar surface area (TPSA) is 37.2 Å². The summed E-state index contributed by atoms with van der Waals surface area (Å²) in [7, 11) is 2.16. The summed E-state index contributed by atoms with van der Waals surface area (Å²) in [6, 6.07) is 10.9. The van der Waals surface area contributed by atoms with E-state index in [2.05, 4.69) is 68.9 Å². The molecule has 4 rings (SSSR count). The van der Waals surface area contributed by atoms with E-state index in [4.69, 9.17) is 0 Å². The molecule has 1 aromatic heterocycles. The third-order valence-corrected chi connectivity index (χ3v) is 8.16. The van der Waals surface area contributed by atoms with Crippen LogP contribution in [0.15, 0.2) is 35.5 Å². The van der Waals surface area contributed by atoms with Crippen LogP contribution in [0.4, 0.5) is 0 Å². The van der Waals surface area contributed by atoms with E-state index < -0.39 is 0 Å². The summed E-state index contributed by atoms with van der Waals surface area (Å²) in [5, 5.41) is 10.2. The fraction of sp³-hybridized carbons (Fsp3) is 0.680. The van der Waals surface area contributed by atoms with Crippen molar-refractivity contribution >= 4 is 11.8 Å². The van der Waals surface area contributed by atoms with Crippen molar-refractivity contribution in [2.45, 2.75) is 62.4 Å². The quantitative estimate of drug-likeness (QED) is 0.524. The SMILES string of the molecule is CC(CCN1CCC(c2nnc(SCCN3CCCCC3)n2C)CC1)c1ccccc1. The summed E-state index contributed by atoms with van der Waals surface area (Å²) >= 11 is 1.87. The van der Waals surface area contributed by atoms with E-state index in [-0.39, 0.29) is 0 Å². The van der Waals surface area contributed by atoms with E-state index in [0.717, 1.165) is 10.9 Å². The molecule has 2 aromatic rings. The highest BCUT2D eigenvalue weighted by atomic mass is 32.2. The number of aromatic nitrogens is 3. The average molecular weight is 442 g/mol. The van der Waals surface area contributed by atoms with Gasteiger partial charge in [-0.05, 0) is 76.3 Å². The van der Waals surface area contributed by atoms with Crippen molar-refractivity contribution < 1.29 is 0 Å². The third kappa shape index (κ3) is 6.33. The molecule has 2 aliphatic rings. The average Bonchev–Trinajstić information content (AvgIpc) is 3.19. The highest BCUT2D eigenvalue weighted by Crippen LogP contribution is 2.29. The predicted octanol–water partition coefficient (Wildman–Crippen LogP) is 4.77. The van der Waals surface area contributed by atoms with Crippen molar-refractivity contribution in [2.24, 2.45) is 7.05 Å². The Balaban J connectivity index is 1.20. The van der Waals surface area contributed by atoms with Gasteiger partial charge in [0.15, 0.2) is 5.16 Å². The van der Waals surface area contributed by atoms with Crippen LogP contribution in [0.2, 0.25) is 0 Å². The maximum Gasteiger partial charge on any atom is 0.191 e. The Morgan fingerprint density at radius 3 is 2.39 bits per heavy atom. The van der Waals surface area contributed by atoms with Crippen LogP contribution in [0.1, 0.15) is 68.7 Å².